The van der Waals surface area contributed by atoms with Crippen LogP contribution in [-0.4, -0.2) is 30.4 Å². The molecule has 64 valence electrons. The summed E-state index contributed by atoms with van der Waals surface area (Å²) < 4.78 is 0. The lowest BCUT2D eigenvalue weighted by molar-refractivity contribution is -0.118. The van der Waals surface area contributed by atoms with Crippen LogP contribution in [0.25, 0.3) is 0 Å². The van der Waals surface area contributed by atoms with E-state index < -0.39 is 0 Å². The zero-order valence-corrected chi connectivity index (χ0v) is 7.05. The Hall–Kier alpha value is -0.570. The van der Waals surface area contributed by atoms with Gasteiger partial charge in [0.2, 0.25) is 5.91 Å². The second-order valence-electron chi connectivity index (χ2n) is 3.28. The molecule has 1 rings (SSSR count). The third kappa shape index (κ3) is 2.50. The smallest absolute Gasteiger partial charge is 0.217 e. The van der Waals surface area contributed by atoms with Gasteiger partial charge in [0.1, 0.15) is 0 Å². The van der Waals surface area contributed by atoms with Crippen molar-refractivity contribution in [3.8, 4) is 0 Å². The van der Waals surface area contributed by atoms with Crippen LogP contribution in [0, 0.1) is 0 Å². The highest BCUT2D eigenvalue weighted by Gasteiger charge is 2.20. The average molecular weight is 156 g/mol. The number of likely N-dealkylation sites (tertiary alicyclic amines) is 1. The number of nitrogens with two attached hydrogens (primary N) is 1. The maximum Gasteiger partial charge on any atom is 0.217 e. The zero-order valence-electron chi connectivity index (χ0n) is 7.05. The number of amides is 1. The van der Waals surface area contributed by atoms with Crippen molar-refractivity contribution in [2.75, 3.05) is 13.6 Å². The molecular formula is C8H16N2O. The van der Waals surface area contributed by atoms with E-state index in [-0.39, 0.29) is 5.91 Å². The van der Waals surface area contributed by atoms with Gasteiger partial charge in [-0.25, -0.2) is 0 Å². The third-order valence-corrected chi connectivity index (χ3v) is 2.40. The van der Waals surface area contributed by atoms with E-state index in [0.717, 1.165) is 6.42 Å². The average Bonchev–Trinajstić information content (AvgIpc) is 2.31. The normalized spacial score (nSPS) is 25.7. The first-order valence-corrected chi connectivity index (χ1v) is 4.18. The van der Waals surface area contributed by atoms with E-state index in [0.29, 0.717) is 12.5 Å². The Balaban J connectivity index is 2.20. The van der Waals surface area contributed by atoms with Gasteiger partial charge in [0.25, 0.3) is 0 Å². The first kappa shape index (κ1) is 8.53. The second-order valence-corrected chi connectivity index (χ2v) is 3.28. The minimum atomic E-state index is -0.176. The number of carbonyl (C=O) groups is 1. The van der Waals surface area contributed by atoms with Gasteiger partial charge >= 0.3 is 0 Å². The highest BCUT2D eigenvalue weighted by molar-refractivity contribution is 5.73. The molecule has 0 radical (unpaired) electrons. The van der Waals surface area contributed by atoms with Crippen LogP contribution in [0.15, 0.2) is 0 Å². The van der Waals surface area contributed by atoms with Crippen molar-refractivity contribution in [2.24, 2.45) is 5.73 Å². The molecule has 3 heteroatoms. The molecule has 0 aliphatic carbocycles. The summed E-state index contributed by atoms with van der Waals surface area (Å²) in [6.07, 6.45) is 3.96. The number of hydrogen-bond donors (Lipinski definition) is 1. The van der Waals surface area contributed by atoms with Crippen molar-refractivity contribution in [1.29, 1.82) is 0 Å². The fraction of sp³-hybridized carbons (Fsp3) is 0.875. The maximum atomic E-state index is 10.5. The van der Waals surface area contributed by atoms with Gasteiger partial charge in [0, 0.05) is 12.5 Å². The van der Waals surface area contributed by atoms with Gasteiger partial charge in [-0.15, -0.1) is 0 Å². The third-order valence-electron chi connectivity index (χ3n) is 2.40. The molecule has 0 spiro atoms. The fourth-order valence-corrected chi connectivity index (χ4v) is 1.65. The van der Waals surface area contributed by atoms with Crippen LogP contribution in [0.3, 0.4) is 0 Å². The molecule has 1 unspecified atom stereocenters. The van der Waals surface area contributed by atoms with Gasteiger partial charge < -0.3 is 10.6 Å². The van der Waals surface area contributed by atoms with E-state index in [2.05, 4.69) is 11.9 Å². The molecule has 2 N–H and O–H groups in total. The van der Waals surface area contributed by atoms with E-state index in [1.807, 2.05) is 0 Å². The number of nitrogens with zero attached hydrogens (tertiary/aromatic N) is 1. The highest BCUT2D eigenvalue weighted by atomic mass is 16.1. The van der Waals surface area contributed by atoms with Crippen LogP contribution in [0.2, 0.25) is 0 Å². The molecule has 1 saturated heterocycles. The summed E-state index contributed by atoms with van der Waals surface area (Å²) in [5.41, 5.74) is 5.06. The summed E-state index contributed by atoms with van der Waals surface area (Å²) in [6.45, 7) is 1.17. The van der Waals surface area contributed by atoms with Gasteiger partial charge in [-0.05, 0) is 32.9 Å². The minimum Gasteiger partial charge on any atom is -0.370 e. The van der Waals surface area contributed by atoms with Crippen LogP contribution in [0.4, 0.5) is 0 Å². The van der Waals surface area contributed by atoms with Gasteiger partial charge in [0.15, 0.2) is 0 Å². The van der Waals surface area contributed by atoms with Crippen molar-refractivity contribution in [3.05, 3.63) is 0 Å². The van der Waals surface area contributed by atoms with Gasteiger partial charge in [-0.1, -0.05) is 0 Å². The lowest BCUT2D eigenvalue weighted by atomic mass is 10.1. The summed E-state index contributed by atoms with van der Waals surface area (Å²) in [5, 5.41) is 0. The zero-order chi connectivity index (χ0) is 8.27. The Morgan fingerprint density at radius 3 is 2.91 bits per heavy atom. The second kappa shape index (κ2) is 3.72. The Kier molecular flexibility index (Phi) is 2.88. The van der Waals surface area contributed by atoms with Crippen LogP contribution in [-0.2, 0) is 4.79 Å². The van der Waals surface area contributed by atoms with Crippen molar-refractivity contribution >= 4 is 5.91 Å². The molecule has 0 aromatic carbocycles. The van der Waals surface area contributed by atoms with Crippen molar-refractivity contribution < 1.29 is 4.79 Å². The minimum absolute atomic E-state index is 0.176. The van der Waals surface area contributed by atoms with Crippen LogP contribution in [0.1, 0.15) is 25.7 Å². The monoisotopic (exact) mass is 156 g/mol. The quantitative estimate of drug-likeness (QED) is 0.640. The van der Waals surface area contributed by atoms with Crippen molar-refractivity contribution in [1.82, 2.24) is 4.90 Å². The molecule has 3 nitrogen and oxygen atoms in total. The molecule has 0 saturated carbocycles. The predicted octanol–water partition coefficient (Wildman–Crippen LogP) is 0.346. The molecule has 1 aliphatic heterocycles. The standard InChI is InChI=1S/C8H16N2O/c1-10-6-2-3-7(10)4-5-8(9)11/h7H,2-6H2,1H3,(H2,9,11). The maximum absolute atomic E-state index is 10.5. The number of carbonyl (C=O) groups excluding carboxylic acids is 1. The van der Waals surface area contributed by atoms with Crippen molar-refractivity contribution in [2.45, 2.75) is 31.7 Å². The molecule has 11 heavy (non-hydrogen) atoms. The van der Waals surface area contributed by atoms with E-state index in [1.165, 1.54) is 19.4 Å². The van der Waals surface area contributed by atoms with E-state index in [4.69, 9.17) is 5.73 Å². The van der Waals surface area contributed by atoms with Gasteiger partial charge in [-0.3, -0.25) is 4.79 Å². The largest absolute Gasteiger partial charge is 0.370 e. The predicted molar refractivity (Wildman–Crippen MR) is 44.1 cm³/mol. The molecule has 0 aromatic rings. The molecule has 1 fully saturated rings. The van der Waals surface area contributed by atoms with Crippen LogP contribution >= 0.6 is 0 Å². The molecular weight excluding hydrogens is 140 g/mol. The SMILES string of the molecule is CN1CCCC1CCC(N)=O. The van der Waals surface area contributed by atoms with E-state index in [1.54, 1.807) is 0 Å². The fourth-order valence-electron chi connectivity index (χ4n) is 1.65. The Morgan fingerprint density at radius 2 is 2.45 bits per heavy atom. The summed E-state index contributed by atoms with van der Waals surface area (Å²) in [7, 11) is 2.11. The van der Waals surface area contributed by atoms with Crippen LogP contribution in [0.5, 0.6) is 0 Å². The van der Waals surface area contributed by atoms with Crippen molar-refractivity contribution in [3.63, 3.8) is 0 Å². The Bertz CT molecular complexity index is 147. The Labute approximate surface area is 67.5 Å². The summed E-state index contributed by atoms with van der Waals surface area (Å²) in [6, 6.07) is 0.600. The lowest BCUT2D eigenvalue weighted by Crippen LogP contribution is -2.26. The number of primary amides is 1. The van der Waals surface area contributed by atoms with Crippen LogP contribution < -0.4 is 5.73 Å². The molecule has 1 aliphatic rings. The molecule has 1 atom stereocenters. The molecule has 1 amide bonds. The van der Waals surface area contributed by atoms with Gasteiger partial charge in [0.05, 0.1) is 0 Å². The lowest BCUT2D eigenvalue weighted by Gasteiger charge is -2.17. The Morgan fingerprint density at radius 1 is 1.73 bits per heavy atom. The summed E-state index contributed by atoms with van der Waals surface area (Å²) in [4.78, 5) is 12.8. The molecule has 0 bridgehead atoms. The summed E-state index contributed by atoms with van der Waals surface area (Å²) in [5.74, 6) is -0.176. The summed E-state index contributed by atoms with van der Waals surface area (Å²) >= 11 is 0. The van der Waals surface area contributed by atoms with E-state index in [9.17, 15) is 4.79 Å². The number of hydrogen-bond acceptors (Lipinski definition) is 2. The topological polar surface area (TPSA) is 46.3 Å². The number of rotatable bonds is 3. The molecule has 1 heterocycles. The highest BCUT2D eigenvalue weighted by Crippen LogP contribution is 2.18. The first-order chi connectivity index (χ1) is 5.20. The first-order valence-electron chi connectivity index (χ1n) is 4.18. The van der Waals surface area contributed by atoms with Gasteiger partial charge in [-0.2, -0.15) is 0 Å². The van der Waals surface area contributed by atoms with E-state index >= 15 is 0 Å². The molecule has 0 aromatic heterocycles.